The van der Waals surface area contributed by atoms with Crippen molar-refractivity contribution in [3.8, 4) is 0 Å². The molecular formula is C16H16N2O4. The largest absolute Gasteiger partial charge is 0.392 e. The number of rotatable bonds is 6. The van der Waals surface area contributed by atoms with Gasteiger partial charge in [-0.1, -0.05) is 36.4 Å². The van der Waals surface area contributed by atoms with Crippen molar-refractivity contribution in [1.29, 1.82) is 0 Å². The molecule has 0 spiro atoms. The fraction of sp³-hybridized carbons (Fsp3) is 0.188. The summed E-state index contributed by atoms with van der Waals surface area (Å²) in [4.78, 5) is 22.1. The highest BCUT2D eigenvalue weighted by atomic mass is 16.6. The van der Waals surface area contributed by atoms with Gasteiger partial charge in [0.1, 0.15) is 0 Å². The van der Waals surface area contributed by atoms with Crippen LogP contribution in [-0.4, -0.2) is 15.9 Å². The number of amides is 1. The third kappa shape index (κ3) is 4.13. The molecule has 0 atom stereocenters. The fourth-order valence-corrected chi connectivity index (χ4v) is 2.11. The van der Waals surface area contributed by atoms with Crippen molar-refractivity contribution in [3.05, 3.63) is 75.3 Å². The predicted molar refractivity (Wildman–Crippen MR) is 81.0 cm³/mol. The first-order valence-electron chi connectivity index (χ1n) is 6.78. The van der Waals surface area contributed by atoms with Gasteiger partial charge in [0, 0.05) is 18.7 Å². The molecule has 6 nitrogen and oxygen atoms in total. The molecule has 0 unspecified atom stereocenters. The second kappa shape index (κ2) is 7.33. The van der Waals surface area contributed by atoms with Gasteiger partial charge < -0.3 is 10.4 Å². The third-order valence-electron chi connectivity index (χ3n) is 3.25. The number of nitrogens with one attached hydrogen (secondary N) is 1. The highest BCUT2D eigenvalue weighted by molar-refractivity contribution is 5.78. The van der Waals surface area contributed by atoms with E-state index >= 15 is 0 Å². The van der Waals surface area contributed by atoms with Gasteiger partial charge in [-0.05, 0) is 16.7 Å². The zero-order chi connectivity index (χ0) is 15.9. The van der Waals surface area contributed by atoms with Gasteiger partial charge in [-0.25, -0.2) is 0 Å². The summed E-state index contributed by atoms with van der Waals surface area (Å²) in [7, 11) is 0. The Morgan fingerprint density at radius 3 is 2.55 bits per heavy atom. The van der Waals surface area contributed by atoms with Gasteiger partial charge in [0.15, 0.2) is 0 Å². The van der Waals surface area contributed by atoms with Crippen LogP contribution in [0.25, 0.3) is 0 Å². The molecular weight excluding hydrogens is 284 g/mol. The molecule has 0 aromatic heterocycles. The number of aliphatic hydroxyl groups is 1. The Balaban J connectivity index is 1.96. The van der Waals surface area contributed by atoms with Crippen LogP contribution < -0.4 is 5.32 Å². The van der Waals surface area contributed by atoms with Crippen LogP contribution in [0.15, 0.2) is 48.5 Å². The highest BCUT2D eigenvalue weighted by Gasteiger charge is 2.09. The maximum Gasteiger partial charge on any atom is 0.269 e. The first-order valence-corrected chi connectivity index (χ1v) is 6.78. The quantitative estimate of drug-likeness (QED) is 0.630. The topological polar surface area (TPSA) is 92.5 Å². The lowest BCUT2D eigenvalue weighted by molar-refractivity contribution is -0.384. The predicted octanol–water partition coefficient (Wildman–Crippen LogP) is 1.95. The Hall–Kier alpha value is -2.73. The molecule has 0 bridgehead atoms. The van der Waals surface area contributed by atoms with Gasteiger partial charge in [0.2, 0.25) is 5.91 Å². The molecule has 114 valence electrons. The van der Waals surface area contributed by atoms with Crippen molar-refractivity contribution >= 4 is 11.6 Å². The fourth-order valence-electron chi connectivity index (χ4n) is 2.11. The minimum Gasteiger partial charge on any atom is -0.392 e. The summed E-state index contributed by atoms with van der Waals surface area (Å²) in [6, 6.07) is 13.3. The Morgan fingerprint density at radius 1 is 1.14 bits per heavy atom. The lowest BCUT2D eigenvalue weighted by Gasteiger charge is -2.09. The Morgan fingerprint density at radius 2 is 1.86 bits per heavy atom. The molecule has 0 saturated heterocycles. The molecule has 2 aromatic carbocycles. The van der Waals surface area contributed by atoms with Gasteiger partial charge in [0.25, 0.3) is 5.69 Å². The lowest BCUT2D eigenvalue weighted by atomic mass is 10.1. The first kappa shape index (κ1) is 15.7. The molecule has 22 heavy (non-hydrogen) atoms. The zero-order valence-corrected chi connectivity index (χ0v) is 11.9. The summed E-state index contributed by atoms with van der Waals surface area (Å²) in [6.07, 6.45) is 0.0724. The van der Waals surface area contributed by atoms with Crippen molar-refractivity contribution in [2.75, 3.05) is 0 Å². The average Bonchev–Trinajstić information content (AvgIpc) is 2.53. The number of hydrogen-bond acceptors (Lipinski definition) is 4. The third-order valence-corrected chi connectivity index (χ3v) is 3.25. The molecule has 2 rings (SSSR count). The molecule has 0 aliphatic carbocycles. The lowest BCUT2D eigenvalue weighted by Crippen LogP contribution is -2.25. The van der Waals surface area contributed by atoms with Gasteiger partial charge in [0.05, 0.1) is 18.0 Å². The minimum atomic E-state index is -0.487. The summed E-state index contributed by atoms with van der Waals surface area (Å²) < 4.78 is 0. The van der Waals surface area contributed by atoms with Gasteiger partial charge >= 0.3 is 0 Å². The zero-order valence-electron chi connectivity index (χ0n) is 11.9. The van der Waals surface area contributed by atoms with E-state index in [0.717, 1.165) is 11.1 Å². The standard InChI is InChI=1S/C16H16N2O4/c19-11-14-6-2-1-5-13(14)10-17-16(20)9-12-4-3-7-15(8-12)18(21)22/h1-8,19H,9-11H2,(H,17,20). The van der Waals surface area contributed by atoms with Gasteiger partial charge in [-0.2, -0.15) is 0 Å². The van der Waals surface area contributed by atoms with Crippen LogP contribution in [-0.2, 0) is 24.4 Å². The Kier molecular flexibility index (Phi) is 5.21. The van der Waals surface area contributed by atoms with E-state index in [1.54, 1.807) is 18.2 Å². The number of carbonyl (C=O) groups excluding carboxylic acids is 1. The van der Waals surface area contributed by atoms with Crippen molar-refractivity contribution in [3.63, 3.8) is 0 Å². The van der Waals surface area contributed by atoms with E-state index in [1.165, 1.54) is 12.1 Å². The highest BCUT2D eigenvalue weighted by Crippen LogP contribution is 2.13. The number of benzene rings is 2. The van der Waals surface area contributed by atoms with Gasteiger partial charge in [-0.15, -0.1) is 0 Å². The number of carbonyl (C=O) groups is 1. The van der Waals surface area contributed by atoms with Crippen LogP contribution in [0.5, 0.6) is 0 Å². The van der Waals surface area contributed by atoms with Crippen LogP contribution in [0.2, 0.25) is 0 Å². The first-order chi connectivity index (χ1) is 10.6. The van der Waals surface area contributed by atoms with Crippen molar-refractivity contribution in [1.82, 2.24) is 5.32 Å². The molecule has 6 heteroatoms. The van der Waals surface area contributed by atoms with Crippen molar-refractivity contribution in [2.45, 2.75) is 19.6 Å². The van der Waals surface area contributed by atoms with Crippen LogP contribution in [0.3, 0.4) is 0 Å². The van der Waals surface area contributed by atoms with E-state index in [9.17, 15) is 20.0 Å². The van der Waals surface area contributed by atoms with E-state index in [1.807, 2.05) is 18.2 Å². The van der Waals surface area contributed by atoms with Crippen LogP contribution >= 0.6 is 0 Å². The van der Waals surface area contributed by atoms with Crippen molar-refractivity contribution < 1.29 is 14.8 Å². The molecule has 0 aliphatic heterocycles. The molecule has 0 aliphatic rings. The summed E-state index contributed by atoms with van der Waals surface area (Å²) in [6.45, 7) is 0.224. The summed E-state index contributed by atoms with van der Waals surface area (Å²) >= 11 is 0. The number of hydrogen-bond donors (Lipinski definition) is 2. The summed E-state index contributed by atoms with van der Waals surface area (Å²) in [5.74, 6) is -0.228. The maximum atomic E-state index is 11.9. The van der Waals surface area contributed by atoms with Crippen molar-refractivity contribution in [2.24, 2.45) is 0 Å². The Bertz CT molecular complexity index is 685. The summed E-state index contributed by atoms with van der Waals surface area (Å²) in [5, 5.41) is 22.7. The van der Waals surface area contributed by atoms with Crippen LogP contribution in [0, 0.1) is 10.1 Å². The normalized spacial score (nSPS) is 10.2. The molecule has 0 radical (unpaired) electrons. The minimum absolute atomic E-state index is 0.0315. The smallest absolute Gasteiger partial charge is 0.269 e. The van der Waals surface area contributed by atoms with E-state index in [0.29, 0.717) is 12.1 Å². The van der Waals surface area contributed by atoms with E-state index in [2.05, 4.69) is 5.32 Å². The number of nitrogens with zero attached hydrogens (tertiary/aromatic N) is 1. The molecule has 0 fully saturated rings. The second-order valence-electron chi connectivity index (χ2n) is 4.81. The maximum absolute atomic E-state index is 11.9. The number of nitro groups is 1. The molecule has 1 amide bonds. The number of non-ortho nitro benzene ring substituents is 1. The van der Waals surface area contributed by atoms with Crippen LogP contribution in [0.4, 0.5) is 5.69 Å². The van der Waals surface area contributed by atoms with Gasteiger partial charge in [-0.3, -0.25) is 14.9 Å². The monoisotopic (exact) mass is 300 g/mol. The SMILES string of the molecule is O=C(Cc1cccc([N+](=O)[O-])c1)NCc1ccccc1CO. The van der Waals surface area contributed by atoms with E-state index in [-0.39, 0.29) is 24.6 Å². The summed E-state index contributed by atoms with van der Waals surface area (Å²) in [5.41, 5.74) is 2.16. The molecule has 2 aromatic rings. The molecule has 0 heterocycles. The Labute approximate surface area is 127 Å². The molecule has 0 saturated carbocycles. The average molecular weight is 300 g/mol. The second-order valence-corrected chi connectivity index (χ2v) is 4.81. The number of aliphatic hydroxyl groups excluding tert-OH is 1. The van der Waals surface area contributed by atoms with Crippen LogP contribution in [0.1, 0.15) is 16.7 Å². The molecule has 2 N–H and O–H groups in total. The number of nitro benzene ring substituents is 1. The van der Waals surface area contributed by atoms with E-state index in [4.69, 9.17) is 0 Å². The van der Waals surface area contributed by atoms with E-state index < -0.39 is 4.92 Å².